The molecule has 0 spiro atoms. The second-order valence-electron chi connectivity index (χ2n) is 4.36. The average molecular weight is 258 g/mol. The molecule has 0 fully saturated rings. The van der Waals surface area contributed by atoms with E-state index in [2.05, 4.69) is 9.97 Å². The van der Waals surface area contributed by atoms with Crippen molar-refractivity contribution in [3.63, 3.8) is 0 Å². The van der Waals surface area contributed by atoms with Crippen molar-refractivity contribution in [2.75, 3.05) is 18.5 Å². The normalized spacial score (nSPS) is 20.2. The van der Waals surface area contributed by atoms with Crippen LogP contribution in [0.25, 0.3) is 6.08 Å². The number of allylic oxidation sites excluding steroid dienone is 1. The first kappa shape index (κ1) is 12.7. The molecular formula is C11H13F3N4. The van der Waals surface area contributed by atoms with Gasteiger partial charge in [0, 0.05) is 25.4 Å². The molecule has 0 aliphatic carbocycles. The molecule has 0 aromatic carbocycles. The number of fused-ring (bicyclic) bond motifs is 1. The van der Waals surface area contributed by atoms with Crippen molar-refractivity contribution in [2.24, 2.45) is 5.73 Å². The van der Waals surface area contributed by atoms with Gasteiger partial charge in [-0.1, -0.05) is 0 Å². The van der Waals surface area contributed by atoms with Gasteiger partial charge in [0.1, 0.15) is 5.92 Å². The van der Waals surface area contributed by atoms with Crippen molar-refractivity contribution in [3.8, 4) is 0 Å². The van der Waals surface area contributed by atoms with Crippen LogP contribution in [0.5, 0.6) is 0 Å². The highest BCUT2D eigenvalue weighted by Gasteiger charge is 2.47. The summed E-state index contributed by atoms with van der Waals surface area (Å²) in [5, 5.41) is 0. The lowest BCUT2D eigenvalue weighted by Gasteiger charge is -2.14. The Hall–Kier alpha value is -1.79. The van der Waals surface area contributed by atoms with E-state index in [1.54, 1.807) is 14.0 Å². The average Bonchev–Trinajstić information content (AvgIpc) is 2.54. The lowest BCUT2D eigenvalue weighted by molar-refractivity contribution is -0.147. The molecule has 1 aromatic heterocycles. The third-order valence-electron chi connectivity index (χ3n) is 2.77. The molecule has 2 N–H and O–H groups in total. The summed E-state index contributed by atoms with van der Waals surface area (Å²) in [6, 6.07) is 0. The van der Waals surface area contributed by atoms with Crippen LogP contribution < -0.4 is 10.6 Å². The minimum absolute atomic E-state index is 0.0208. The second-order valence-corrected chi connectivity index (χ2v) is 4.36. The third-order valence-corrected chi connectivity index (χ3v) is 2.77. The van der Waals surface area contributed by atoms with E-state index in [0.717, 1.165) is 0 Å². The van der Waals surface area contributed by atoms with Gasteiger partial charge in [-0.3, -0.25) is 0 Å². The molecule has 2 heterocycles. The van der Waals surface area contributed by atoms with Gasteiger partial charge in [-0.15, -0.1) is 0 Å². The fourth-order valence-electron chi connectivity index (χ4n) is 1.94. The van der Waals surface area contributed by atoms with Gasteiger partial charge in [-0.05, 0) is 6.92 Å². The Kier molecular flexibility index (Phi) is 2.92. The summed E-state index contributed by atoms with van der Waals surface area (Å²) < 4.78 is 38.6. The molecule has 1 atom stereocenters. The Morgan fingerprint density at radius 3 is 2.78 bits per heavy atom. The summed E-state index contributed by atoms with van der Waals surface area (Å²) in [6.45, 7) is 1.51. The van der Waals surface area contributed by atoms with Crippen molar-refractivity contribution in [1.82, 2.24) is 9.97 Å². The van der Waals surface area contributed by atoms with Gasteiger partial charge in [-0.25, -0.2) is 9.97 Å². The number of rotatable bonds is 1. The standard InChI is InChI=1S/C11H13F3N4/c1-6(15)3-9-16-4-8-10(17-9)7(5-18(8)2)11(12,13)14/h3-4,7H,5,15H2,1-2H3/b6-3-. The number of alkyl halides is 3. The molecule has 0 bridgehead atoms. The SMILES string of the molecule is C/C(N)=C/c1ncc2c(n1)C(C(F)(F)F)CN2C. The number of nitrogens with two attached hydrogens (primary N) is 1. The summed E-state index contributed by atoms with van der Waals surface area (Å²) in [7, 11) is 1.59. The van der Waals surface area contributed by atoms with Crippen LogP contribution in [0.15, 0.2) is 11.9 Å². The van der Waals surface area contributed by atoms with E-state index in [0.29, 0.717) is 11.4 Å². The molecule has 18 heavy (non-hydrogen) atoms. The molecule has 0 amide bonds. The van der Waals surface area contributed by atoms with Crippen LogP contribution in [-0.4, -0.2) is 29.7 Å². The van der Waals surface area contributed by atoms with Gasteiger partial charge < -0.3 is 10.6 Å². The first-order valence-electron chi connectivity index (χ1n) is 5.37. The van der Waals surface area contributed by atoms with Crippen LogP contribution in [0, 0.1) is 0 Å². The molecule has 1 unspecified atom stereocenters. The first-order chi connectivity index (χ1) is 8.29. The molecule has 4 nitrogen and oxygen atoms in total. The number of hydrogen-bond donors (Lipinski definition) is 1. The molecule has 1 aliphatic rings. The fourth-order valence-corrected chi connectivity index (χ4v) is 1.94. The van der Waals surface area contributed by atoms with E-state index in [-0.39, 0.29) is 18.1 Å². The molecule has 0 saturated carbocycles. The largest absolute Gasteiger partial charge is 0.402 e. The van der Waals surface area contributed by atoms with Gasteiger partial charge in [0.25, 0.3) is 0 Å². The molecule has 2 rings (SSSR count). The Labute approximate surface area is 102 Å². The summed E-state index contributed by atoms with van der Waals surface area (Å²) in [5.41, 5.74) is 6.36. The smallest absolute Gasteiger partial charge is 0.399 e. The van der Waals surface area contributed by atoms with Crippen molar-refractivity contribution in [1.29, 1.82) is 0 Å². The number of likely N-dealkylation sites (N-methyl/N-ethyl adjacent to an activating group) is 1. The number of nitrogens with zero attached hydrogens (tertiary/aromatic N) is 3. The summed E-state index contributed by atoms with van der Waals surface area (Å²) in [6.07, 6.45) is -1.44. The molecular weight excluding hydrogens is 245 g/mol. The van der Waals surface area contributed by atoms with Crippen molar-refractivity contribution >= 4 is 11.8 Å². The van der Waals surface area contributed by atoms with E-state index in [1.807, 2.05) is 0 Å². The van der Waals surface area contributed by atoms with E-state index in [4.69, 9.17) is 5.73 Å². The van der Waals surface area contributed by atoms with E-state index in [9.17, 15) is 13.2 Å². The molecule has 0 saturated heterocycles. The van der Waals surface area contributed by atoms with Gasteiger partial charge in [0.2, 0.25) is 0 Å². The number of halogens is 3. The maximum atomic E-state index is 12.9. The fraction of sp³-hybridized carbons (Fsp3) is 0.455. The van der Waals surface area contributed by atoms with Crippen LogP contribution in [-0.2, 0) is 0 Å². The molecule has 0 radical (unpaired) electrons. The van der Waals surface area contributed by atoms with Crippen molar-refractivity contribution in [2.45, 2.75) is 19.0 Å². The van der Waals surface area contributed by atoms with Gasteiger partial charge in [0.15, 0.2) is 5.82 Å². The first-order valence-corrected chi connectivity index (χ1v) is 5.37. The zero-order valence-electron chi connectivity index (χ0n) is 9.99. The summed E-state index contributed by atoms with van der Waals surface area (Å²) >= 11 is 0. The van der Waals surface area contributed by atoms with Crippen LogP contribution in [0.2, 0.25) is 0 Å². The summed E-state index contributed by atoms with van der Waals surface area (Å²) in [4.78, 5) is 9.45. The Morgan fingerprint density at radius 2 is 2.22 bits per heavy atom. The zero-order valence-corrected chi connectivity index (χ0v) is 9.99. The van der Waals surface area contributed by atoms with Gasteiger partial charge >= 0.3 is 6.18 Å². The lowest BCUT2D eigenvalue weighted by Crippen LogP contribution is -2.26. The van der Waals surface area contributed by atoms with Crippen molar-refractivity contribution in [3.05, 3.63) is 23.4 Å². The molecule has 7 heteroatoms. The monoisotopic (exact) mass is 258 g/mol. The number of hydrogen-bond acceptors (Lipinski definition) is 4. The highest BCUT2D eigenvalue weighted by molar-refractivity contribution is 5.58. The predicted molar refractivity (Wildman–Crippen MR) is 61.9 cm³/mol. The Morgan fingerprint density at radius 1 is 1.56 bits per heavy atom. The molecule has 98 valence electrons. The zero-order chi connectivity index (χ0) is 13.5. The Bertz CT molecular complexity index is 492. The maximum absolute atomic E-state index is 12.9. The second kappa shape index (κ2) is 4.15. The van der Waals surface area contributed by atoms with Crippen LogP contribution in [0.4, 0.5) is 18.9 Å². The quantitative estimate of drug-likeness (QED) is 0.835. The molecule has 1 aromatic rings. The number of anilines is 1. The van der Waals surface area contributed by atoms with E-state index < -0.39 is 12.1 Å². The Balaban J connectivity index is 2.47. The van der Waals surface area contributed by atoms with Crippen LogP contribution in [0.3, 0.4) is 0 Å². The summed E-state index contributed by atoms with van der Waals surface area (Å²) in [5.74, 6) is -1.36. The highest BCUT2D eigenvalue weighted by Crippen LogP contribution is 2.43. The topological polar surface area (TPSA) is 55.0 Å². The minimum atomic E-state index is -4.30. The number of aromatic nitrogens is 2. The van der Waals surface area contributed by atoms with E-state index in [1.165, 1.54) is 17.2 Å². The highest BCUT2D eigenvalue weighted by atomic mass is 19.4. The lowest BCUT2D eigenvalue weighted by atomic mass is 10.1. The van der Waals surface area contributed by atoms with Gasteiger partial charge in [-0.2, -0.15) is 13.2 Å². The predicted octanol–water partition coefficient (Wildman–Crippen LogP) is 1.89. The van der Waals surface area contributed by atoms with Crippen LogP contribution >= 0.6 is 0 Å². The van der Waals surface area contributed by atoms with E-state index >= 15 is 0 Å². The maximum Gasteiger partial charge on any atom is 0.399 e. The van der Waals surface area contributed by atoms with Crippen LogP contribution in [0.1, 0.15) is 24.4 Å². The molecule has 1 aliphatic heterocycles. The third kappa shape index (κ3) is 2.25. The minimum Gasteiger partial charge on any atom is -0.402 e. The van der Waals surface area contributed by atoms with Gasteiger partial charge in [0.05, 0.1) is 17.6 Å². The van der Waals surface area contributed by atoms with Crippen molar-refractivity contribution < 1.29 is 13.2 Å².